The van der Waals surface area contributed by atoms with Gasteiger partial charge in [0.15, 0.2) is 0 Å². The maximum atomic E-state index is 9.52. The number of aromatic hydroxyl groups is 1. The molecule has 72 valence electrons. The van der Waals surface area contributed by atoms with Gasteiger partial charge in [0, 0.05) is 11.1 Å². The van der Waals surface area contributed by atoms with Crippen LogP contribution in [0.2, 0.25) is 10.0 Å². The standard InChI is InChI=1S/C9H11Cl2NO/c1-5(12)2-6-3-7(10)4-8(11)9(6)13/h3-5,13H,2,12H2,1H3. The van der Waals surface area contributed by atoms with Gasteiger partial charge in [-0.2, -0.15) is 0 Å². The summed E-state index contributed by atoms with van der Waals surface area (Å²) in [6, 6.07) is 3.15. The highest BCUT2D eigenvalue weighted by Crippen LogP contribution is 2.31. The van der Waals surface area contributed by atoms with Crippen molar-refractivity contribution in [3.05, 3.63) is 27.7 Å². The summed E-state index contributed by atoms with van der Waals surface area (Å²) in [7, 11) is 0. The smallest absolute Gasteiger partial charge is 0.137 e. The van der Waals surface area contributed by atoms with Gasteiger partial charge in [-0.3, -0.25) is 0 Å². The Morgan fingerprint density at radius 2 is 2.08 bits per heavy atom. The predicted molar refractivity (Wildman–Crippen MR) is 55.5 cm³/mol. The first-order valence-corrected chi connectivity index (χ1v) is 4.68. The molecule has 1 aromatic carbocycles. The quantitative estimate of drug-likeness (QED) is 0.804. The highest BCUT2D eigenvalue weighted by atomic mass is 35.5. The highest BCUT2D eigenvalue weighted by Gasteiger charge is 2.09. The van der Waals surface area contributed by atoms with Gasteiger partial charge in [0.25, 0.3) is 0 Å². The van der Waals surface area contributed by atoms with Crippen molar-refractivity contribution in [3.63, 3.8) is 0 Å². The summed E-state index contributed by atoms with van der Waals surface area (Å²) in [6.07, 6.45) is 0.562. The summed E-state index contributed by atoms with van der Waals surface area (Å²) >= 11 is 11.5. The molecule has 0 bridgehead atoms. The van der Waals surface area contributed by atoms with E-state index in [1.54, 1.807) is 6.07 Å². The second-order valence-corrected chi connectivity index (χ2v) is 3.92. The number of hydrogen-bond acceptors (Lipinski definition) is 2. The van der Waals surface area contributed by atoms with Gasteiger partial charge >= 0.3 is 0 Å². The fourth-order valence-electron chi connectivity index (χ4n) is 1.12. The zero-order valence-electron chi connectivity index (χ0n) is 7.22. The van der Waals surface area contributed by atoms with Gasteiger partial charge in [-0.1, -0.05) is 23.2 Å². The van der Waals surface area contributed by atoms with Crippen molar-refractivity contribution < 1.29 is 5.11 Å². The average Bonchev–Trinajstić information content (AvgIpc) is 1.98. The molecule has 0 aliphatic rings. The molecule has 0 radical (unpaired) electrons. The lowest BCUT2D eigenvalue weighted by atomic mass is 10.1. The fraction of sp³-hybridized carbons (Fsp3) is 0.333. The number of rotatable bonds is 2. The van der Waals surface area contributed by atoms with E-state index in [2.05, 4.69) is 0 Å². The van der Waals surface area contributed by atoms with Crippen molar-refractivity contribution in [2.45, 2.75) is 19.4 Å². The van der Waals surface area contributed by atoms with E-state index < -0.39 is 0 Å². The van der Waals surface area contributed by atoms with Crippen molar-refractivity contribution in [2.24, 2.45) is 5.73 Å². The number of halogens is 2. The van der Waals surface area contributed by atoms with Crippen LogP contribution in [0.25, 0.3) is 0 Å². The fourth-order valence-corrected chi connectivity index (χ4v) is 1.66. The molecule has 0 saturated carbocycles. The Morgan fingerprint density at radius 1 is 1.46 bits per heavy atom. The minimum atomic E-state index is -0.0274. The highest BCUT2D eigenvalue weighted by molar-refractivity contribution is 6.35. The van der Waals surface area contributed by atoms with Crippen LogP contribution in [0.15, 0.2) is 12.1 Å². The predicted octanol–water partition coefficient (Wildman–Crippen LogP) is 2.59. The third kappa shape index (κ3) is 2.76. The Labute approximate surface area is 87.3 Å². The summed E-state index contributed by atoms with van der Waals surface area (Å²) in [5.41, 5.74) is 6.28. The third-order valence-corrected chi connectivity index (χ3v) is 2.16. The van der Waals surface area contributed by atoms with E-state index in [4.69, 9.17) is 28.9 Å². The number of hydrogen-bond donors (Lipinski definition) is 2. The molecule has 1 aromatic rings. The maximum absolute atomic E-state index is 9.52. The molecule has 1 unspecified atom stereocenters. The second-order valence-electron chi connectivity index (χ2n) is 3.08. The molecular weight excluding hydrogens is 209 g/mol. The Balaban J connectivity index is 3.05. The van der Waals surface area contributed by atoms with Crippen LogP contribution in [0.3, 0.4) is 0 Å². The van der Waals surface area contributed by atoms with E-state index in [-0.39, 0.29) is 16.8 Å². The van der Waals surface area contributed by atoms with E-state index in [1.807, 2.05) is 6.92 Å². The normalized spacial score (nSPS) is 12.9. The summed E-state index contributed by atoms with van der Waals surface area (Å²) in [5.74, 6) is 0.0726. The lowest BCUT2D eigenvalue weighted by Crippen LogP contribution is -2.17. The van der Waals surface area contributed by atoms with E-state index in [0.717, 1.165) is 0 Å². The van der Waals surface area contributed by atoms with Crippen LogP contribution in [-0.4, -0.2) is 11.1 Å². The van der Waals surface area contributed by atoms with Gasteiger partial charge in [-0.15, -0.1) is 0 Å². The first-order valence-electron chi connectivity index (χ1n) is 3.93. The van der Waals surface area contributed by atoms with Crippen LogP contribution < -0.4 is 5.73 Å². The number of benzene rings is 1. The second kappa shape index (κ2) is 4.18. The molecule has 3 N–H and O–H groups in total. The van der Waals surface area contributed by atoms with Gasteiger partial charge in [-0.25, -0.2) is 0 Å². The van der Waals surface area contributed by atoms with Crippen LogP contribution in [0.5, 0.6) is 5.75 Å². The Morgan fingerprint density at radius 3 is 2.62 bits per heavy atom. The summed E-state index contributed by atoms with van der Waals surface area (Å²) in [5, 5.41) is 10.3. The van der Waals surface area contributed by atoms with Crippen molar-refractivity contribution in [2.75, 3.05) is 0 Å². The van der Waals surface area contributed by atoms with E-state index in [0.29, 0.717) is 17.0 Å². The van der Waals surface area contributed by atoms with E-state index in [1.165, 1.54) is 6.07 Å². The molecular formula is C9H11Cl2NO. The Bertz CT molecular complexity index is 313. The molecule has 1 atom stereocenters. The van der Waals surface area contributed by atoms with Crippen LogP contribution in [-0.2, 0) is 6.42 Å². The first-order chi connectivity index (χ1) is 6.00. The minimum Gasteiger partial charge on any atom is -0.506 e. The molecule has 0 amide bonds. The summed E-state index contributed by atoms with van der Waals surface area (Å²) in [6.45, 7) is 1.86. The van der Waals surface area contributed by atoms with Gasteiger partial charge < -0.3 is 10.8 Å². The molecule has 13 heavy (non-hydrogen) atoms. The van der Waals surface area contributed by atoms with Crippen LogP contribution >= 0.6 is 23.2 Å². The molecule has 2 nitrogen and oxygen atoms in total. The van der Waals surface area contributed by atoms with Gasteiger partial charge in [0.2, 0.25) is 0 Å². The average molecular weight is 220 g/mol. The molecule has 0 heterocycles. The van der Waals surface area contributed by atoms with E-state index >= 15 is 0 Å². The van der Waals surface area contributed by atoms with Crippen molar-refractivity contribution >= 4 is 23.2 Å². The lowest BCUT2D eigenvalue weighted by molar-refractivity contribution is 0.466. The van der Waals surface area contributed by atoms with Crippen LogP contribution in [0.1, 0.15) is 12.5 Å². The van der Waals surface area contributed by atoms with Crippen LogP contribution in [0, 0.1) is 0 Å². The number of phenols is 1. The molecule has 0 aromatic heterocycles. The SMILES string of the molecule is CC(N)Cc1cc(Cl)cc(Cl)c1O. The van der Waals surface area contributed by atoms with Gasteiger partial charge in [0.05, 0.1) is 5.02 Å². The summed E-state index contributed by atoms with van der Waals surface area (Å²) in [4.78, 5) is 0. The number of phenolic OH excluding ortho intramolecular Hbond substituents is 1. The number of nitrogens with two attached hydrogens (primary N) is 1. The zero-order valence-corrected chi connectivity index (χ0v) is 8.73. The van der Waals surface area contributed by atoms with E-state index in [9.17, 15) is 5.11 Å². The van der Waals surface area contributed by atoms with Gasteiger partial charge in [-0.05, 0) is 31.0 Å². The minimum absolute atomic E-state index is 0.0274. The van der Waals surface area contributed by atoms with Crippen molar-refractivity contribution in [1.82, 2.24) is 0 Å². The topological polar surface area (TPSA) is 46.2 Å². The molecule has 1 rings (SSSR count). The monoisotopic (exact) mass is 219 g/mol. The van der Waals surface area contributed by atoms with Gasteiger partial charge in [0.1, 0.15) is 5.75 Å². The molecule has 0 spiro atoms. The zero-order chi connectivity index (χ0) is 10.0. The molecule has 0 aliphatic heterocycles. The molecule has 0 aliphatic carbocycles. The largest absolute Gasteiger partial charge is 0.506 e. The third-order valence-electron chi connectivity index (χ3n) is 1.65. The van der Waals surface area contributed by atoms with Crippen molar-refractivity contribution in [1.29, 1.82) is 0 Å². The van der Waals surface area contributed by atoms with Crippen molar-refractivity contribution in [3.8, 4) is 5.75 Å². The van der Waals surface area contributed by atoms with Crippen LogP contribution in [0.4, 0.5) is 0 Å². The molecule has 0 saturated heterocycles. The maximum Gasteiger partial charge on any atom is 0.137 e. The Hall–Kier alpha value is -0.440. The molecule has 4 heteroatoms. The lowest BCUT2D eigenvalue weighted by Gasteiger charge is -2.09. The summed E-state index contributed by atoms with van der Waals surface area (Å²) < 4.78 is 0. The Kier molecular flexibility index (Phi) is 3.42. The molecule has 0 fully saturated rings. The first kappa shape index (κ1) is 10.6.